The molecule has 0 bridgehead atoms. The third kappa shape index (κ3) is 4.03. The van der Waals surface area contributed by atoms with Crippen LogP contribution in [-0.2, 0) is 6.42 Å². The molecule has 2 aromatic heterocycles. The number of carbonyl (C=O) groups excluding carboxylic acids is 1. The van der Waals surface area contributed by atoms with Gasteiger partial charge in [-0.15, -0.1) is 0 Å². The highest BCUT2D eigenvalue weighted by Gasteiger charge is 2.28. The van der Waals surface area contributed by atoms with Crippen molar-refractivity contribution in [2.75, 3.05) is 13.1 Å². The van der Waals surface area contributed by atoms with Crippen LogP contribution in [-0.4, -0.2) is 33.9 Å². The van der Waals surface area contributed by atoms with E-state index in [1.807, 2.05) is 41.3 Å². The van der Waals surface area contributed by atoms with Crippen molar-refractivity contribution in [2.24, 2.45) is 0 Å². The van der Waals surface area contributed by atoms with Crippen LogP contribution in [0, 0.1) is 0 Å². The third-order valence-electron chi connectivity index (χ3n) is 4.84. The van der Waals surface area contributed by atoms with Gasteiger partial charge in [-0.3, -0.25) is 9.78 Å². The predicted octanol–water partition coefficient (Wildman–Crippen LogP) is 4.33. The highest BCUT2D eigenvalue weighted by Crippen LogP contribution is 2.28. The van der Waals surface area contributed by atoms with E-state index in [2.05, 4.69) is 9.97 Å². The van der Waals surface area contributed by atoms with Gasteiger partial charge in [0.05, 0.1) is 12.1 Å². The molecule has 0 N–H and O–H groups in total. The summed E-state index contributed by atoms with van der Waals surface area (Å²) in [5.74, 6) is 1.54. The summed E-state index contributed by atoms with van der Waals surface area (Å²) < 4.78 is 5.99. The largest absolute Gasteiger partial charge is 0.445 e. The van der Waals surface area contributed by atoms with Crippen molar-refractivity contribution in [3.8, 4) is 0 Å². The van der Waals surface area contributed by atoms with Crippen molar-refractivity contribution < 1.29 is 9.21 Å². The molecule has 1 aliphatic rings. The lowest BCUT2D eigenvalue weighted by Gasteiger charge is -2.31. The lowest BCUT2D eigenvalue weighted by atomic mass is 9.97. The van der Waals surface area contributed by atoms with Gasteiger partial charge >= 0.3 is 0 Å². The molecule has 3 heterocycles. The summed E-state index contributed by atoms with van der Waals surface area (Å²) >= 11 is 6.23. The number of benzene rings is 1. The Balaban J connectivity index is 1.45. The summed E-state index contributed by atoms with van der Waals surface area (Å²) in [5.41, 5.74) is 1.49. The normalized spacial score (nSPS) is 17.1. The molecule has 0 radical (unpaired) electrons. The maximum atomic E-state index is 12.7. The van der Waals surface area contributed by atoms with E-state index in [1.165, 1.54) is 0 Å². The summed E-state index contributed by atoms with van der Waals surface area (Å²) in [4.78, 5) is 23.1. The number of hydrogen-bond acceptors (Lipinski definition) is 4. The van der Waals surface area contributed by atoms with Crippen LogP contribution in [0.15, 0.2) is 59.3 Å². The van der Waals surface area contributed by atoms with Crippen LogP contribution in [0.2, 0.25) is 5.02 Å². The van der Waals surface area contributed by atoms with Crippen LogP contribution in [0.4, 0.5) is 0 Å². The average molecular weight is 382 g/mol. The zero-order valence-electron chi connectivity index (χ0n) is 14.8. The minimum absolute atomic E-state index is 0.0388. The Morgan fingerprint density at radius 3 is 2.85 bits per heavy atom. The molecule has 138 valence electrons. The quantitative estimate of drug-likeness (QED) is 0.674. The zero-order valence-corrected chi connectivity index (χ0v) is 15.6. The molecule has 0 unspecified atom stereocenters. The molecular formula is C21H20ClN3O2. The SMILES string of the molecule is O=C(c1ccccn1)N1CCC[C@H](c2ncc(Cc3ccccc3Cl)o2)C1. The van der Waals surface area contributed by atoms with Crippen molar-refractivity contribution >= 4 is 17.5 Å². The predicted molar refractivity (Wildman–Crippen MR) is 103 cm³/mol. The van der Waals surface area contributed by atoms with Crippen molar-refractivity contribution in [1.82, 2.24) is 14.9 Å². The number of oxazole rings is 1. The van der Waals surface area contributed by atoms with Gasteiger partial charge in [0.1, 0.15) is 11.5 Å². The van der Waals surface area contributed by atoms with Gasteiger partial charge in [-0.25, -0.2) is 4.98 Å². The maximum absolute atomic E-state index is 12.7. The number of carbonyl (C=O) groups is 1. The Hall–Kier alpha value is -2.66. The maximum Gasteiger partial charge on any atom is 0.272 e. The van der Waals surface area contributed by atoms with E-state index in [0.717, 1.165) is 35.7 Å². The highest BCUT2D eigenvalue weighted by molar-refractivity contribution is 6.31. The minimum atomic E-state index is -0.0388. The standard InChI is InChI=1S/C21H20ClN3O2/c22-18-8-2-1-6-15(18)12-17-13-24-20(27-17)16-7-5-11-25(14-16)21(26)19-9-3-4-10-23-19/h1-4,6,8-10,13,16H,5,7,11-12,14H2/t16-/m0/s1. The molecule has 6 heteroatoms. The Morgan fingerprint density at radius 1 is 1.19 bits per heavy atom. The Labute approximate surface area is 163 Å². The van der Waals surface area contributed by atoms with Crippen LogP contribution in [0.5, 0.6) is 0 Å². The molecule has 5 nitrogen and oxygen atoms in total. The summed E-state index contributed by atoms with van der Waals surface area (Å²) in [7, 11) is 0. The zero-order chi connectivity index (χ0) is 18.6. The van der Waals surface area contributed by atoms with Crippen molar-refractivity contribution in [1.29, 1.82) is 0 Å². The van der Waals surface area contributed by atoms with Gasteiger partial charge in [0.2, 0.25) is 0 Å². The van der Waals surface area contributed by atoms with Crippen LogP contribution >= 0.6 is 11.6 Å². The Kier molecular flexibility index (Phi) is 5.21. The number of amides is 1. The van der Waals surface area contributed by atoms with Gasteiger partial charge in [-0.05, 0) is 36.6 Å². The summed E-state index contributed by atoms with van der Waals surface area (Å²) in [5, 5.41) is 0.722. The number of likely N-dealkylation sites (tertiary alicyclic amines) is 1. The van der Waals surface area contributed by atoms with E-state index in [4.69, 9.17) is 16.0 Å². The summed E-state index contributed by atoms with van der Waals surface area (Å²) in [6.45, 7) is 1.33. The lowest BCUT2D eigenvalue weighted by molar-refractivity contribution is 0.0692. The van der Waals surface area contributed by atoms with E-state index in [9.17, 15) is 4.79 Å². The lowest BCUT2D eigenvalue weighted by Crippen LogP contribution is -2.39. The molecule has 3 aromatic rings. The van der Waals surface area contributed by atoms with Gasteiger partial charge in [-0.1, -0.05) is 35.9 Å². The molecule has 1 saturated heterocycles. The average Bonchev–Trinajstić information content (AvgIpc) is 3.19. The molecule has 0 aliphatic carbocycles. The van der Waals surface area contributed by atoms with Crippen molar-refractivity contribution in [3.05, 3.63) is 82.8 Å². The molecule has 0 saturated carbocycles. The minimum Gasteiger partial charge on any atom is -0.445 e. The molecule has 1 atom stereocenters. The third-order valence-corrected chi connectivity index (χ3v) is 5.20. The van der Waals surface area contributed by atoms with E-state index in [0.29, 0.717) is 24.6 Å². The topological polar surface area (TPSA) is 59.2 Å². The first-order valence-corrected chi connectivity index (χ1v) is 9.47. The number of halogens is 1. The molecular weight excluding hydrogens is 362 g/mol. The molecule has 1 amide bonds. The molecule has 1 fully saturated rings. The van der Waals surface area contributed by atoms with E-state index >= 15 is 0 Å². The fourth-order valence-electron chi connectivity index (χ4n) is 3.44. The molecule has 1 aromatic carbocycles. The van der Waals surface area contributed by atoms with Gasteiger partial charge in [0.15, 0.2) is 5.89 Å². The van der Waals surface area contributed by atoms with E-state index in [-0.39, 0.29) is 11.8 Å². The van der Waals surface area contributed by atoms with E-state index < -0.39 is 0 Å². The first-order valence-electron chi connectivity index (χ1n) is 9.09. The smallest absolute Gasteiger partial charge is 0.272 e. The van der Waals surface area contributed by atoms with E-state index in [1.54, 1.807) is 18.5 Å². The number of hydrogen-bond donors (Lipinski definition) is 0. The number of aromatic nitrogens is 2. The number of piperidine rings is 1. The number of rotatable bonds is 4. The second-order valence-electron chi connectivity index (χ2n) is 6.74. The van der Waals surface area contributed by atoms with Gasteiger partial charge < -0.3 is 9.32 Å². The highest BCUT2D eigenvalue weighted by atomic mass is 35.5. The second-order valence-corrected chi connectivity index (χ2v) is 7.15. The van der Waals surface area contributed by atoms with Gasteiger partial charge in [-0.2, -0.15) is 0 Å². The van der Waals surface area contributed by atoms with Crippen molar-refractivity contribution in [3.63, 3.8) is 0 Å². The van der Waals surface area contributed by atoms with Gasteiger partial charge in [0.25, 0.3) is 5.91 Å². The van der Waals surface area contributed by atoms with Crippen LogP contribution in [0.1, 0.15) is 46.5 Å². The fourth-order valence-corrected chi connectivity index (χ4v) is 3.64. The first-order chi connectivity index (χ1) is 13.2. The molecule has 1 aliphatic heterocycles. The molecule has 27 heavy (non-hydrogen) atoms. The van der Waals surface area contributed by atoms with Crippen LogP contribution in [0.25, 0.3) is 0 Å². The second kappa shape index (κ2) is 7.92. The monoisotopic (exact) mass is 381 g/mol. The summed E-state index contributed by atoms with van der Waals surface area (Å²) in [6, 6.07) is 13.1. The Bertz CT molecular complexity index is 926. The molecule has 4 rings (SSSR count). The molecule has 0 spiro atoms. The number of pyridine rings is 1. The van der Waals surface area contributed by atoms with Gasteiger partial charge in [0, 0.05) is 30.7 Å². The van der Waals surface area contributed by atoms with Crippen molar-refractivity contribution in [2.45, 2.75) is 25.2 Å². The fraction of sp³-hybridized carbons (Fsp3) is 0.286. The number of nitrogens with zero attached hydrogens (tertiary/aromatic N) is 3. The summed E-state index contributed by atoms with van der Waals surface area (Å²) in [6.07, 6.45) is 5.89. The first kappa shape index (κ1) is 17.7. The van der Waals surface area contributed by atoms with Crippen LogP contribution < -0.4 is 0 Å². The van der Waals surface area contributed by atoms with Crippen LogP contribution in [0.3, 0.4) is 0 Å². The Morgan fingerprint density at radius 2 is 2.04 bits per heavy atom.